The summed E-state index contributed by atoms with van der Waals surface area (Å²) in [5.74, 6) is -0.363. The molecular weight excluding hydrogens is 446 g/mol. The first kappa shape index (κ1) is 23.1. The highest BCUT2D eigenvalue weighted by Crippen LogP contribution is 2.24. The molecule has 1 fully saturated rings. The van der Waals surface area contributed by atoms with Gasteiger partial charge < -0.3 is 9.47 Å². The first-order chi connectivity index (χ1) is 14.7. The molecule has 1 saturated heterocycles. The molecule has 0 atom stereocenters. The maximum absolute atomic E-state index is 12.6. The molecule has 2 N–H and O–H groups in total. The van der Waals surface area contributed by atoms with Gasteiger partial charge in [-0.3, -0.25) is 9.78 Å². The van der Waals surface area contributed by atoms with Crippen molar-refractivity contribution in [1.82, 2.24) is 9.29 Å². The topological polar surface area (TPSA) is 146 Å². The monoisotopic (exact) mass is 469 g/mol. The number of benzene rings is 1. The number of esters is 1. The third-order valence-electron chi connectivity index (χ3n) is 4.81. The van der Waals surface area contributed by atoms with E-state index in [2.05, 4.69) is 4.98 Å². The summed E-state index contributed by atoms with van der Waals surface area (Å²) >= 11 is 0. The molecule has 0 bridgehead atoms. The number of hydrogen-bond donors (Lipinski definition) is 1. The molecule has 0 spiro atoms. The van der Waals surface area contributed by atoms with E-state index in [4.69, 9.17) is 14.6 Å². The van der Waals surface area contributed by atoms with Crippen LogP contribution in [0.15, 0.2) is 58.6 Å². The summed E-state index contributed by atoms with van der Waals surface area (Å²) < 4.78 is 59.6. The van der Waals surface area contributed by atoms with Crippen LogP contribution in [0.4, 0.5) is 0 Å². The van der Waals surface area contributed by atoms with E-state index in [1.807, 2.05) is 0 Å². The fourth-order valence-corrected chi connectivity index (χ4v) is 5.08. The molecule has 1 aromatic heterocycles. The van der Waals surface area contributed by atoms with Crippen LogP contribution in [-0.2, 0) is 29.6 Å². The molecule has 1 aromatic carbocycles. The van der Waals surface area contributed by atoms with Crippen molar-refractivity contribution in [3.8, 4) is 5.75 Å². The maximum atomic E-state index is 12.6. The predicted octanol–water partition coefficient (Wildman–Crippen LogP) is 0.752. The number of nitrogens with zero attached hydrogens (tertiary/aromatic N) is 2. The number of ether oxygens (including phenoxy) is 2. The van der Waals surface area contributed by atoms with E-state index in [1.54, 1.807) is 6.07 Å². The van der Waals surface area contributed by atoms with Gasteiger partial charge in [-0.2, -0.15) is 4.31 Å². The lowest BCUT2D eigenvalue weighted by atomic mass is 9.98. The Hall–Kier alpha value is -2.54. The van der Waals surface area contributed by atoms with Crippen molar-refractivity contribution in [2.75, 3.05) is 26.3 Å². The second kappa shape index (κ2) is 9.73. The molecule has 2 heterocycles. The van der Waals surface area contributed by atoms with Gasteiger partial charge in [-0.25, -0.2) is 22.0 Å². The van der Waals surface area contributed by atoms with Crippen LogP contribution in [0.3, 0.4) is 0 Å². The summed E-state index contributed by atoms with van der Waals surface area (Å²) in [7, 11) is -7.39. The molecular formula is C19H23N3O7S2. The molecule has 12 heteroatoms. The Morgan fingerprint density at radius 2 is 1.71 bits per heavy atom. The number of primary sulfonamides is 1. The van der Waals surface area contributed by atoms with Gasteiger partial charge in [0.25, 0.3) is 0 Å². The van der Waals surface area contributed by atoms with Gasteiger partial charge in [0.05, 0.1) is 10.8 Å². The quantitative estimate of drug-likeness (QED) is 0.440. The van der Waals surface area contributed by atoms with E-state index in [9.17, 15) is 21.6 Å². The Bertz CT molecular complexity index is 1100. The van der Waals surface area contributed by atoms with Crippen molar-refractivity contribution in [3.05, 3.63) is 48.8 Å². The Morgan fingerprint density at radius 3 is 2.29 bits per heavy atom. The van der Waals surface area contributed by atoms with Crippen molar-refractivity contribution in [2.24, 2.45) is 11.1 Å². The molecule has 0 amide bonds. The summed E-state index contributed by atoms with van der Waals surface area (Å²) in [6.07, 6.45) is 3.55. The van der Waals surface area contributed by atoms with E-state index < -0.39 is 26.0 Å². The first-order valence-corrected chi connectivity index (χ1v) is 12.5. The third-order valence-corrected chi connectivity index (χ3v) is 7.62. The second-order valence-corrected chi connectivity index (χ2v) is 10.4. The van der Waals surface area contributed by atoms with Crippen LogP contribution in [0.25, 0.3) is 0 Å². The fourth-order valence-electron chi connectivity index (χ4n) is 3.13. The lowest BCUT2D eigenvalue weighted by molar-refractivity contribution is -0.150. The van der Waals surface area contributed by atoms with Gasteiger partial charge in [0.15, 0.2) is 0 Å². The van der Waals surface area contributed by atoms with Crippen LogP contribution in [0.5, 0.6) is 5.75 Å². The summed E-state index contributed by atoms with van der Waals surface area (Å²) in [5.41, 5.74) is 0. The minimum atomic E-state index is -3.77. The third kappa shape index (κ3) is 6.00. The van der Waals surface area contributed by atoms with Gasteiger partial charge in [0.1, 0.15) is 23.9 Å². The molecule has 31 heavy (non-hydrogen) atoms. The van der Waals surface area contributed by atoms with Crippen LogP contribution in [-0.4, -0.2) is 58.4 Å². The Morgan fingerprint density at radius 1 is 1.03 bits per heavy atom. The number of carbonyl (C=O) groups is 1. The lowest BCUT2D eigenvalue weighted by Crippen LogP contribution is -2.40. The molecule has 3 rings (SSSR count). The predicted molar refractivity (Wildman–Crippen MR) is 110 cm³/mol. The molecule has 10 nitrogen and oxygen atoms in total. The van der Waals surface area contributed by atoms with Gasteiger partial charge in [-0.15, -0.1) is 0 Å². The largest absolute Gasteiger partial charge is 0.490 e. The highest BCUT2D eigenvalue weighted by atomic mass is 32.2. The van der Waals surface area contributed by atoms with Crippen LogP contribution >= 0.6 is 0 Å². The van der Waals surface area contributed by atoms with Crippen molar-refractivity contribution in [3.63, 3.8) is 0 Å². The Balaban J connectivity index is 1.41. The van der Waals surface area contributed by atoms with Crippen molar-refractivity contribution in [1.29, 1.82) is 0 Å². The number of carbonyl (C=O) groups excluding carboxylic acids is 1. The molecule has 0 saturated carbocycles. The Kier molecular flexibility index (Phi) is 7.26. The SMILES string of the molecule is NS(=O)(=O)c1ccc(OCCOC(=O)C2CCN(S(=O)(=O)c3cccnc3)CC2)cc1. The Labute approximate surface area is 181 Å². The van der Waals surface area contributed by atoms with Gasteiger partial charge in [0.2, 0.25) is 20.0 Å². The second-order valence-electron chi connectivity index (χ2n) is 6.90. The van der Waals surface area contributed by atoms with Gasteiger partial charge in [-0.1, -0.05) is 0 Å². The van der Waals surface area contributed by atoms with Crippen molar-refractivity contribution < 1.29 is 31.1 Å². The molecule has 1 aliphatic rings. The van der Waals surface area contributed by atoms with Crippen molar-refractivity contribution >= 4 is 26.0 Å². The number of rotatable bonds is 8. The number of nitrogens with two attached hydrogens (primary N) is 1. The fraction of sp³-hybridized carbons (Fsp3) is 0.368. The van der Waals surface area contributed by atoms with Gasteiger partial charge >= 0.3 is 5.97 Å². The zero-order valence-electron chi connectivity index (χ0n) is 16.6. The zero-order chi connectivity index (χ0) is 22.5. The normalized spacial score (nSPS) is 16.0. The summed E-state index contributed by atoms with van der Waals surface area (Å²) in [6, 6.07) is 8.62. The van der Waals surface area contributed by atoms with E-state index in [-0.39, 0.29) is 42.0 Å². The number of sulfonamides is 2. The average molecular weight is 470 g/mol. The highest BCUT2D eigenvalue weighted by Gasteiger charge is 2.32. The number of hydrogen-bond acceptors (Lipinski definition) is 8. The number of aromatic nitrogens is 1. The molecule has 0 unspecified atom stereocenters. The molecule has 168 valence electrons. The number of pyridine rings is 1. The smallest absolute Gasteiger partial charge is 0.309 e. The molecule has 0 aliphatic carbocycles. The van der Waals surface area contributed by atoms with Gasteiger partial charge in [0, 0.05) is 25.5 Å². The van der Waals surface area contributed by atoms with E-state index in [0.717, 1.165) is 0 Å². The maximum Gasteiger partial charge on any atom is 0.309 e. The van der Waals surface area contributed by atoms with Crippen LogP contribution in [0, 0.1) is 5.92 Å². The summed E-state index contributed by atoms with van der Waals surface area (Å²) in [6.45, 7) is 0.562. The minimum Gasteiger partial charge on any atom is -0.490 e. The summed E-state index contributed by atoms with van der Waals surface area (Å²) in [5, 5.41) is 5.03. The van der Waals surface area contributed by atoms with E-state index in [0.29, 0.717) is 18.6 Å². The number of piperidine rings is 1. The van der Waals surface area contributed by atoms with Gasteiger partial charge in [-0.05, 0) is 49.2 Å². The molecule has 2 aromatic rings. The standard InChI is InChI=1S/C19H23N3O7S2/c20-30(24,25)17-5-3-16(4-6-17)28-12-13-29-19(23)15-7-10-22(11-8-15)31(26,27)18-2-1-9-21-14-18/h1-6,9,14-15H,7-8,10-13H2,(H2,20,24,25). The van der Waals surface area contributed by atoms with Crippen LogP contribution in [0.1, 0.15) is 12.8 Å². The average Bonchev–Trinajstić information content (AvgIpc) is 2.77. The molecule has 0 radical (unpaired) electrons. The summed E-state index contributed by atoms with van der Waals surface area (Å²) in [4.78, 5) is 16.2. The molecule has 1 aliphatic heterocycles. The zero-order valence-corrected chi connectivity index (χ0v) is 18.2. The van der Waals surface area contributed by atoms with E-state index >= 15 is 0 Å². The minimum absolute atomic E-state index is 0.0178. The van der Waals surface area contributed by atoms with Crippen molar-refractivity contribution in [2.45, 2.75) is 22.6 Å². The lowest BCUT2D eigenvalue weighted by Gasteiger charge is -2.30. The van der Waals surface area contributed by atoms with Crippen LogP contribution < -0.4 is 9.88 Å². The highest BCUT2D eigenvalue weighted by molar-refractivity contribution is 7.89. The van der Waals surface area contributed by atoms with E-state index in [1.165, 1.54) is 47.0 Å². The van der Waals surface area contributed by atoms with Crippen LogP contribution in [0.2, 0.25) is 0 Å². The first-order valence-electron chi connectivity index (χ1n) is 9.50.